The van der Waals surface area contributed by atoms with Gasteiger partial charge in [0.05, 0.1) is 20.5 Å². The average Bonchev–Trinajstić information content (AvgIpc) is 3.18. The first kappa shape index (κ1) is 20.5. The third-order valence-corrected chi connectivity index (χ3v) is 5.21. The Kier molecular flexibility index (Phi) is 5.62. The molecule has 0 aliphatic carbocycles. The number of carbonyl (C=O) groups excluding carboxylic acids is 1. The molecule has 2 aromatic heterocycles. The van der Waals surface area contributed by atoms with E-state index in [9.17, 15) is 9.59 Å². The number of ether oxygens (including phenoxy) is 2. The fourth-order valence-electron chi connectivity index (χ4n) is 3.55. The van der Waals surface area contributed by atoms with Crippen LogP contribution in [0.1, 0.15) is 12.5 Å². The fraction of sp³-hybridized carbons (Fsp3) is 0.261. The number of aromatic nitrogens is 2. The first-order valence-corrected chi connectivity index (χ1v) is 9.91. The Balaban J connectivity index is 1.57. The van der Waals surface area contributed by atoms with E-state index in [2.05, 4.69) is 4.98 Å². The van der Waals surface area contributed by atoms with Gasteiger partial charge >= 0.3 is 0 Å². The van der Waals surface area contributed by atoms with Gasteiger partial charge in [0, 0.05) is 18.5 Å². The monoisotopic (exact) mass is 421 g/mol. The standard InChI is InChI=1S/C23H23N3O5/c1-4-25(12-15-9-10-18(29-2)19(11-15)30-3)20(27)13-26-14-24-21-16-7-5-6-8-17(16)31-22(21)23(26)28/h5-11,14H,4,12-13H2,1-3H3. The molecule has 8 heteroatoms. The summed E-state index contributed by atoms with van der Waals surface area (Å²) >= 11 is 0. The topological polar surface area (TPSA) is 86.8 Å². The molecule has 160 valence electrons. The number of hydrogen-bond donors (Lipinski definition) is 0. The molecule has 1 amide bonds. The zero-order valence-corrected chi connectivity index (χ0v) is 17.6. The zero-order valence-electron chi connectivity index (χ0n) is 17.6. The van der Waals surface area contributed by atoms with E-state index in [0.29, 0.717) is 35.7 Å². The molecule has 8 nitrogen and oxygen atoms in total. The predicted octanol–water partition coefficient (Wildman–Crippen LogP) is 3.21. The van der Waals surface area contributed by atoms with E-state index in [1.807, 2.05) is 37.3 Å². The van der Waals surface area contributed by atoms with Gasteiger partial charge in [0.2, 0.25) is 11.5 Å². The predicted molar refractivity (Wildman–Crippen MR) is 116 cm³/mol. The number of likely N-dealkylation sites (N-methyl/N-ethyl adjacent to an activating group) is 1. The molecule has 0 fully saturated rings. The third-order valence-electron chi connectivity index (χ3n) is 5.21. The van der Waals surface area contributed by atoms with Crippen LogP contribution in [0, 0.1) is 0 Å². The minimum absolute atomic E-state index is 0.125. The van der Waals surface area contributed by atoms with Crippen LogP contribution in [-0.4, -0.2) is 41.1 Å². The largest absolute Gasteiger partial charge is 0.493 e. The average molecular weight is 421 g/mol. The minimum atomic E-state index is -0.378. The molecular formula is C23H23N3O5. The molecular weight excluding hydrogens is 398 g/mol. The summed E-state index contributed by atoms with van der Waals surface area (Å²) in [6.07, 6.45) is 1.40. The number of fused-ring (bicyclic) bond motifs is 3. The first-order valence-electron chi connectivity index (χ1n) is 9.91. The number of rotatable bonds is 7. The molecule has 0 atom stereocenters. The SMILES string of the molecule is CCN(Cc1ccc(OC)c(OC)c1)C(=O)Cn1cnc2c(oc3ccccc32)c1=O. The van der Waals surface area contributed by atoms with Gasteiger partial charge in [0.25, 0.3) is 5.56 Å². The Bertz CT molecular complexity index is 1310. The van der Waals surface area contributed by atoms with Crippen LogP contribution in [-0.2, 0) is 17.9 Å². The lowest BCUT2D eigenvalue weighted by Gasteiger charge is -2.22. The molecule has 0 saturated carbocycles. The summed E-state index contributed by atoms with van der Waals surface area (Å²) in [4.78, 5) is 31.8. The van der Waals surface area contributed by atoms with Crippen molar-refractivity contribution in [2.45, 2.75) is 20.0 Å². The lowest BCUT2D eigenvalue weighted by molar-refractivity contribution is -0.132. The van der Waals surface area contributed by atoms with Crippen LogP contribution in [0.2, 0.25) is 0 Å². The van der Waals surface area contributed by atoms with Crippen LogP contribution in [0.3, 0.4) is 0 Å². The molecule has 0 aliphatic heterocycles. The Morgan fingerprint density at radius 1 is 1.13 bits per heavy atom. The molecule has 4 aromatic rings. The number of methoxy groups -OCH3 is 2. The van der Waals surface area contributed by atoms with Crippen LogP contribution in [0.15, 0.2) is 58.0 Å². The summed E-state index contributed by atoms with van der Waals surface area (Å²) in [5.41, 5.74) is 1.76. The Hall–Kier alpha value is -3.81. The van der Waals surface area contributed by atoms with Crippen molar-refractivity contribution in [3.8, 4) is 11.5 Å². The zero-order chi connectivity index (χ0) is 22.0. The number of amides is 1. The molecule has 0 radical (unpaired) electrons. The van der Waals surface area contributed by atoms with Crippen molar-refractivity contribution < 1.29 is 18.7 Å². The van der Waals surface area contributed by atoms with Crippen molar-refractivity contribution in [3.05, 3.63) is 64.7 Å². The van der Waals surface area contributed by atoms with E-state index < -0.39 is 0 Å². The summed E-state index contributed by atoms with van der Waals surface area (Å²) in [6, 6.07) is 12.9. The smallest absolute Gasteiger partial charge is 0.297 e. The number of para-hydroxylation sites is 1. The molecule has 31 heavy (non-hydrogen) atoms. The third kappa shape index (κ3) is 3.84. The first-order chi connectivity index (χ1) is 15.0. The quantitative estimate of drug-likeness (QED) is 0.455. The van der Waals surface area contributed by atoms with Crippen LogP contribution >= 0.6 is 0 Å². The highest BCUT2D eigenvalue weighted by molar-refractivity contribution is 6.01. The maximum Gasteiger partial charge on any atom is 0.297 e. The summed E-state index contributed by atoms with van der Waals surface area (Å²) in [5.74, 6) is 1.02. The van der Waals surface area contributed by atoms with Gasteiger partial charge in [-0.25, -0.2) is 4.98 Å². The molecule has 0 unspecified atom stereocenters. The van der Waals surface area contributed by atoms with Gasteiger partial charge in [-0.05, 0) is 36.8 Å². The molecule has 2 heterocycles. The van der Waals surface area contributed by atoms with Crippen molar-refractivity contribution >= 4 is 28.0 Å². The molecule has 0 bridgehead atoms. The number of furan rings is 1. The summed E-state index contributed by atoms with van der Waals surface area (Å²) < 4.78 is 17.6. The van der Waals surface area contributed by atoms with Gasteiger partial charge in [0.1, 0.15) is 17.6 Å². The van der Waals surface area contributed by atoms with Crippen molar-refractivity contribution in [1.29, 1.82) is 0 Å². The van der Waals surface area contributed by atoms with Crippen LogP contribution in [0.25, 0.3) is 22.1 Å². The lowest BCUT2D eigenvalue weighted by atomic mass is 10.2. The van der Waals surface area contributed by atoms with Gasteiger partial charge in [-0.1, -0.05) is 18.2 Å². The van der Waals surface area contributed by atoms with Gasteiger partial charge < -0.3 is 18.8 Å². The van der Waals surface area contributed by atoms with E-state index in [4.69, 9.17) is 13.9 Å². The maximum atomic E-state index is 12.9. The van der Waals surface area contributed by atoms with Gasteiger partial charge in [-0.2, -0.15) is 0 Å². The van der Waals surface area contributed by atoms with Gasteiger partial charge in [-0.15, -0.1) is 0 Å². The van der Waals surface area contributed by atoms with Gasteiger partial charge in [-0.3, -0.25) is 14.2 Å². The summed E-state index contributed by atoms with van der Waals surface area (Å²) in [5, 5.41) is 0.775. The van der Waals surface area contributed by atoms with E-state index >= 15 is 0 Å². The normalized spacial score (nSPS) is 11.1. The highest BCUT2D eigenvalue weighted by Crippen LogP contribution is 2.28. The Morgan fingerprint density at radius 3 is 2.65 bits per heavy atom. The molecule has 0 aliphatic rings. The number of benzene rings is 2. The van der Waals surface area contributed by atoms with E-state index in [-0.39, 0.29) is 23.6 Å². The summed E-state index contributed by atoms with van der Waals surface area (Å²) in [6.45, 7) is 2.63. The van der Waals surface area contributed by atoms with Crippen molar-refractivity contribution in [2.24, 2.45) is 0 Å². The van der Waals surface area contributed by atoms with Crippen LogP contribution < -0.4 is 15.0 Å². The maximum absolute atomic E-state index is 12.9. The van der Waals surface area contributed by atoms with E-state index in [0.717, 1.165) is 10.9 Å². The summed E-state index contributed by atoms with van der Waals surface area (Å²) in [7, 11) is 3.14. The minimum Gasteiger partial charge on any atom is -0.493 e. The van der Waals surface area contributed by atoms with Crippen molar-refractivity contribution in [3.63, 3.8) is 0 Å². The molecule has 0 spiro atoms. The van der Waals surface area contributed by atoms with E-state index in [1.54, 1.807) is 31.3 Å². The molecule has 4 rings (SSSR count). The van der Waals surface area contributed by atoms with Crippen molar-refractivity contribution in [2.75, 3.05) is 20.8 Å². The fourth-order valence-corrected chi connectivity index (χ4v) is 3.55. The number of hydrogen-bond acceptors (Lipinski definition) is 6. The Labute approximate surface area is 178 Å². The van der Waals surface area contributed by atoms with Crippen molar-refractivity contribution in [1.82, 2.24) is 14.5 Å². The molecule has 2 aromatic carbocycles. The second kappa shape index (κ2) is 8.51. The number of nitrogens with zero attached hydrogens (tertiary/aromatic N) is 3. The van der Waals surface area contributed by atoms with Gasteiger partial charge in [0.15, 0.2) is 11.5 Å². The number of carbonyl (C=O) groups is 1. The second-order valence-corrected chi connectivity index (χ2v) is 7.05. The highest BCUT2D eigenvalue weighted by atomic mass is 16.5. The molecule has 0 N–H and O–H groups in total. The molecule has 0 saturated heterocycles. The Morgan fingerprint density at radius 2 is 1.90 bits per heavy atom. The highest BCUT2D eigenvalue weighted by Gasteiger charge is 2.18. The van der Waals surface area contributed by atoms with E-state index in [1.165, 1.54) is 10.9 Å². The van der Waals surface area contributed by atoms with Crippen LogP contribution in [0.4, 0.5) is 0 Å². The van der Waals surface area contributed by atoms with Crippen LogP contribution in [0.5, 0.6) is 11.5 Å². The lowest BCUT2D eigenvalue weighted by Crippen LogP contribution is -2.36. The second-order valence-electron chi connectivity index (χ2n) is 7.05.